The van der Waals surface area contributed by atoms with Crippen molar-refractivity contribution in [3.63, 3.8) is 0 Å². The van der Waals surface area contributed by atoms with Gasteiger partial charge in [-0.2, -0.15) is 0 Å². The van der Waals surface area contributed by atoms with E-state index in [1.807, 2.05) is 13.1 Å². The number of nitrogens with zero attached hydrogens (tertiary/aromatic N) is 1. The molecule has 0 unspecified atom stereocenters. The molecule has 0 bridgehead atoms. The second-order valence-corrected chi connectivity index (χ2v) is 9.12. The first-order valence-corrected chi connectivity index (χ1v) is 11.0. The third-order valence-corrected chi connectivity index (χ3v) is 7.63. The summed E-state index contributed by atoms with van der Waals surface area (Å²) in [6.45, 7) is 0.146. The molecule has 1 N–H and O–H groups in total. The van der Waals surface area contributed by atoms with Gasteiger partial charge in [-0.25, -0.2) is 12.4 Å². The van der Waals surface area contributed by atoms with Crippen LogP contribution < -0.4 is 19.5 Å². The fourth-order valence-electron chi connectivity index (χ4n) is 4.31. The van der Waals surface area contributed by atoms with Crippen LogP contribution in [0.15, 0.2) is 41.4 Å². The van der Waals surface area contributed by atoms with Crippen molar-refractivity contribution in [3.05, 3.63) is 47.7 Å². The van der Waals surface area contributed by atoms with Crippen molar-refractivity contribution >= 4 is 20.9 Å². The highest BCUT2D eigenvalue weighted by Gasteiger charge is 2.30. The second kappa shape index (κ2) is 6.67. The molecule has 2 heterocycles. The van der Waals surface area contributed by atoms with Gasteiger partial charge in [0.1, 0.15) is 5.75 Å². The van der Waals surface area contributed by atoms with Gasteiger partial charge >= 0.3 is 0 Å². The Hall–Kier alpha value is -2.71. The number of ether oxygens (including phenoxy) is 3. The van der Waals surface area contributed by atoms with Crippen molar-refractivity contribution in [1.29, 1.82) is 0 Å². The Bertz CT molecular complexity index is 1220. The molecular weight excluding hydrogens is 392 g/mol. The van der Waals surface area contributed by atoms with E-state index >= 15 is 0 Å². The van der Waals surface area contributed by atoms with Crippen molar-refractivity contribution in [2.75, 3.05) is 21.0 Å². The summed E-state index contributed by atoms with van der Waals surface area (Å²) in [6.07, 6.45) is 3.89. The lowest BCUT2D eigenvalue weighted by molar-refractivity contribution is 0.174. The highest BCUT2D eigenvalue weighted by atomic mass is 32.2. The summed E-state index contributed by atoms with van der Waals surface area (Å²) in [4.78, 5) is 0.331. The predicted molar refractivity (Wildman–Crippen MR) is 109 cm³/mol. The number of benzene rings is 2. The monoisotopic (exact) mass is 414 g/mol. The van der Waals surface area contributed by atoms with E-state index in [2.05, 4.69) is 5.32 Å². The van der Waals surface area contributed by atoms with Crippen molar-refractivity contribution < 1.29 is 22.6 Å². The van der Waals surface area contributed by atoms with Gasteiger partial charge in [0.15, 0.2) is 11.5 Å². The maximum absolute atomic E-state index is 13.7. The zero-order valence-corrected chi connectivity index (χ0v) is 17.1. The number of aromatic nitrogens is 1. The van der Waals surface area contributed by atoms with Crippen LogP contribution in [0.4, 0.5) is 0 Å². The summed E-state index contributed by atoms with van der Waals surface area (Å²) in [5, 5.41) is 4.08. The average molecular weight is 414 g/mol. The van der Waals surface area contributed by atoms with Gasteiger partial charge in [-0.3, -0.25) is 0 Å². The van der Waals surface area contributed by atoms with Crippen LogP contribution in [-0.2, 0) is 22.9 Å². The maximum Gasteiger partial charge on any atom is 0.268 e. The zero-order valence-electron chi connectivity index (χ0n) is 16.3. The number of nitrogens with one attached hydrogen (secondary N) is 1. The summed E-state index contributed by atoms with van der Waals surface area (Å²) in [7, 11) is -0.237. The van der Waals surface area contributed by atoms with Crippen LogP contribution in [0.25, 0.3) is 10.9 Å². The van der Waals surface area contributed by atoms with Gasteiger partial charge in [-0.05, 0) is 56.1 Å². The van der Waals surface area contributed by atoms with Gasteiger partial charge in [0.25, 0.3) is 10.0 Å². The van der Waals surface area contributed by atoms with Crippen LogP contribution in [0.1, 0.15) is 17.5 Å². The minimum absolute atomic E-state index is 0.146. The highest BCUT2D eigenvalue weighted by Crippen LogP contribution is 2.39. The quantitative estimate of drug-likeness (QED) is 0.707. The van der Waals surface area contributed by atoms with E-state index in [1.54, 1.807) is 37.6 Å². The van der Waals surface area contributed by atoms with Gasteiger partial charge < -0.3 is 19.5 Å². The molecule has 2 aromatic carbocycles. The molecule has 0 saturated heterocycles. The molecule has 1 aliphatic carbocycles. The van der Waals surface area contributed by atoms with Crippen LogP contribution in [-0.4, -0.2) is 39.4 Å². The molecule has 1 aromatic heterocycles. The summed E-state index contributed by atoms with van der Waals surface area (Å²) >= 11 is 0. The van der Waals surface area contributed by atoms with E-state index < -0.39 is 10.0 Å². The number of likely N-dealkylation sites (N-methyl/N-ethyl adjacent to an activating group) is 1. The van der Waals surface area contributed by atoms with E-state index in [0.717, 1.165) is 35.1 Å². The molecule has 3 aromatic rings. The number of hydrogen-bond donors (Lipinski definition) is 1. The minimum Gasteiger partial charge on any atom is -0.496 e. The van der Waals surface area contributed by atoms with Crippen LogP contribution in [0.3, 0.4) is 0 Å². The first-order chi connectivity index (χ1) is 14.0. The third-order valence-electron chi connectivity index (χ3n) is 5.85. The summed E-state index contributed by atoms with van der Waals surface area (Å²) < 4.78 is 45.0. The maximum atomic E-state index is 13.7. The molecule has 1 aliphatic heterocycles. The lowest BCUT2D eigenvalue weighted by atomic mass is 9.87. The van der Waals surface area contributed by atoms with E-state index in [1.165, 1.54) is 3.97 Å². The largest absolute Gasteiger partial charge is 0.496 e. The van der Waals surface area contributed by atoms with E-state index in [0.29, 0.717) is 34.4 Å². The number of fused-ring (bicyclic) bond motifs is 3. The molecule has 5 rings (SSSR count). The number of hydrogen-bond acceptors (Lipinski definition) is 6. The molecular formula is C21H22N2O5S. The van der Waals surface area contributed by atoms with Crippen molar-refractivity contribution in [2.45, 2.75) is 30.2 Å². The molecule has 0 amide bonds. The first-order valence-electron chi connectivity index (χ1n) is 9.55. The Kier molecular flexibility index (Phi) is 4.22. The van der Waals surface area contributed by atoms with Crippen molar-refractivity contribution in [3.8, 4) is 17.2 Å². The fraction of sp³-hybridized carbons (Fsp3) is 0.333. The van der Waals surface area contributed by atoms with Gasteiger partial charge in [-0.1, -0.05) is 0 Å². The van der Waals surface area contributed by atoms with E-state index in [-0.39, 0.29) is 6.79 Å². The normalized spacial score (nSPS) is 18.1. The fourth-order valence-corrected chi connectivity index (χ4v) is 5.94. The molecule has 0 fully saturated rings. The van der Waals surface area contributed by atoms with Gasteiger partial charge in [0, 0.05) is 29.3 Å². The summed E-state index contributed by atoms with van der Waals surface area (Å²) in [6, 6.07) is 9.03. The topological polar surface area (TPSA) is 78.8 Å². The summed E-state index contributed by atoms with van der Waals surface area (Å²) in [5.74, 6) is 1.92. The van der Waals surface area contributed by atoms with Crippen molar-refractivity contribution in [1.82, 2.24) is 9.29 Å². The Labute approximate surface area is 169 Å². The van der Waals surface area contributed by atoms with E-state index in [9.17, 15) is 8.42 Å². The SMILES string of the molecule is CN[C@H]1CCc2c(S(=O)(=O)n3ccc4cc5c(cc43)OCO5)ccc(OC)c2C1. The molecule has 1 atom stereocenters. The van der Waals surface area contributed by atoms with Gasteiger partial charge in [0.05, 0.1) is 17.5 Å². The van der Waals surface area contributed by atoms with Crippen molar-refractivity contribution in [2.24, 2.45) is 0 Å². The standard InChI is InChI=1S/C21H22N2O5S/c1-22-14-3-4-15-16(10-14)18(26-2)5-6-21(15)29(24,25)23-8-7-13-9-19-20(11-17(13)23)28-12-27-19/h5-9,11,14,22H,3-4,10,12H2,1-2H3/t14-/m0/s1. The second-order valence-electron chi connectivity index (χ2n) is 7.33. The third kappa shape index (κ3) is 2.78. The van der Waals surface area contributed by atoms with Gasteiger partial charge in [0.2, 0.25) is 6.79 Å². The minimum atomic E-state index is -3.79. The Morgan fingerprint density at radius 1 is 1.14 bits per heavy atom. The molecule has 29 heavy (non-hydrogen) atoms. The molecule has 0 spiro atoms. The Morgan fingerprint density at radius 2 is 1.93 bits per heavy atom. The summed E-state index contributed by atoms with van der Waals surface area (Å²) in [5.41, 5.74) is 2.38. The van der Waals surface area contributed by atoms with Crippen LogP contribution in [0.5, 0.6) is 17.2 Å². The Balaban J connectivity index is 1.67. The molecule has 2 aliphatic rings. The molecule has 8 heteroatoms. The van der Waals surface area contributed by atoms with Crippen LogP contribution in [0, 0.1) is 0 Å². The smallest absolute Gasteiger partial charge is 0.268 e. The molecule has 7 nitrogen and oxygen atoms in total. The lowest BCUT2D eigenvalue weighted by Gasteiger charge is -2.27. The number of rotatable bonds is 4. The highest BCUT2D eigenvalue weighted by molar-refractivity contribution is 7.90. The zero-order chi connectivity index (χ0) is 20.2. The average Bonchev–Trinajstić information content (AvgIpc) is 3.36. The molecule has 152 valence electrons. The van der Waals surface area contributed by atoms with Crippen LogP contribution in [0.2, 0.25) is 0 Å². The van der Waals surface area contributed by atoms with Crippen LogP contribution >= 0.6 is 0 Å². The molecule has 0 saturated carbocycles. The number of methoxy groups -OCH3 is 1. The lowest BCUT2D eigenvalue weighted by Crippen LogP contribution is -2.32. The molecule has 0 radical (unpaired) electrons. The predicted octanol–water partition coefficient (Wildman–Crippen LogP) is 2.69. The van der Waals surface area contributed by atoms with Gasteiger partial charge in [-0.15, -0.1) is 0 Å². The Morgan fingerprint density at radius 3 is 2.69 bits per heavy atom. The first kappa shape index (κ1) is 18.3. The van der Waals surface area contributed by atoms with E-state index in [4.69, 9.17) is 14.2 Å².